The van der Waals surface area contributed by atoms with E-state index in [4.69, 9.17) is 4.74 Å². The summed E-state index contributed by atoms with van der Waals surface area (Å²) in [6, 6.07) is 0. The fourth-order valence-electron chi connectivity index (χ4n) is 1.59. The van der Waals surface area contributed by atoms with Crippen molar-refractivity contribution in [2.45, 2.75) is 19.4 Å². The number of rotatable bonds is 3. The molecule has 0 saturated carbocycles. The third kappa shape index (κ3) is 4.16. The zero-order valence-electron chi connectivity index (χ0n) is 8.33. The van der Waals surface area contributed by atoms with E-state index in [1.54, 1.807) is 0 Å². The maximum Gasteiger partial charge on any atom is 0.0674 e. The van der Waals surface area contributed by atoms with Gasteiger partial charge in [0, 0.05) is 32.0 Å². The molecule has 1 heterocycles. The Morgan fingerprint density at radius 1 is 1.69 bits per heavy atom. The number of nitrogens with zero attached hydrogens (tertiary/aromatic N) is 1. The van der Waals surface area contributed by atoms with Crippen molar-refractivity contribution in [2.75, 3.05) is 32.0 Å². The Hall–Kier alpha value is 0.01000. The molecule has 0 amide bonds. The van der Waals surface area contributed by atoms with E-state index in [9.17, 15) is 0 Å². The second-order valence-corrected chi connectivity index (χ2v) is 3.99. The predicted molar refractivity (Wildman–Crippen MR) is 59.5 cm³/mol. The second-order valence-electron chi connectivity index (χ2n) is 3.68. The molecule has 3 heteroatoms. The van der Waals surface area contributed by atoms with Crippen molar-refractivity contribution in [3.8, 4) is 0 Å². The molecule has 0 aromatic carbocycles. The van der Waals surface area contributed by atoms with Gasteiger partial charge in [0.15, 0.2) is 0 Å². The molecule has 1 aliphatic heterocycles. The molecule has 1 aliphatic rings. The van der Waals surface area contributed by atoms with Gasteiger partial charge in [0.2, 0.25) is 0 Å². The molecular formula is C10H19NOS. The summed E-state index contributed by atoms with van der Waals surface area (Å²) in [5.41, 5.74) is 1.19. The van der Waals surface area contributed by atoms with Crippen LogP contribution in [0.1, 0.15) is 13.3 Å². The Bertz CT molecular complexity index is 172. The summed E-state index contributed by atoms with van der Waals surface area (Å²) >= 11 is 4.21. The lowest BCUT2D eigenvalue weighted by atomic mass is 10.2. The standard InChI is InChI=1S/C10H19NOS/c1-9(8-13)6-11-4-3-5-12-10(2)7-11/h10,13H,1,3-8H2,2H3. The monoisotopic (exact) mass is 201 g/mol. The first-order chi connectivity index (χ1) is 6.22. The minimum Gasteiger partial charge on any atom is -0.377 e. The van der Waals surface area contributed by atoms with Crippen molar-refractivity contribution in [1.82, 2.24) is 4.90 Å². The van der Waals surface area contributed by atoms with Crippen LogP contribution in [0.2, 0.25) is 0 Å². The van der Waals surface area contributed by atoms with E-state index < -0.39 is 0 Å². The molecule has 76 valence electrons. The molecule has 0 spiro atoms. The lowest BCUT2D eigenvalue weighted by Gasteiger charge is -2.22. The van der Waals surface area contributed by atoms with Crippen LogP contribution in [0, 0.1) is 0 Å². The Labute approximate surface area is 86.4 Å². The Morgan fingerprint density at radius 2 is 2.46 bits per heavy atom. The van der Waals surface area contributed by atoms with Crippen molar-refractivity contribution >= 4 is 12.6 Å². The van der Waals surface area contributed by atoms with Gasteiger partial charge in [0.25, 0.3) is 0 Å². The van der Waals surface area contributed by atoms with Crippen molar-refractivity contribution in [3.63, 3.8) is 0 Å². The van der Waals surface area contributed by atoms with Crippen LogP contribution < -0.4 is 0 Å². The smallest absolute Gasteiger partial charge is 0.0674 e. The first-order valence-electron chi connectivity index (χ1n) is 4.84. The highest BCUT2D eigenvalue weighted by Crippen LogP contribution is 2.07. The molecule has 1 saturated heterocycles. The lowest BCUT2D eigenvalue weighted by Crippen LogP contribution is -2.32. The minimum absolute atomic E-state index is 0.357. The first-order valence-corrected chi connectivity index (χ1v) is 5.47. The first kappa shape index (κ1) is 11.1. The van der Waals surface area contributed by atoms with Crippen molar-refractivity contribution < 1.29 is 4.74 Å². The second kappa shape index (κ2) is 5.68. The van der Waals surface area contributed by atoms with E-state index in [1.807, 2.05) is 0 Å². The molecule has 0 aromatic rings. The molecular weight excluding hydrogens is 182 g/mol. The SMILES string of the molecule is C=C(CS)CN1CCCOC(C)C1. The van der Waals surface area contributed by atoms with E-state index in [0.29, 0.717) is 6.10 Å². The molecule has 1 fully saturated rings. The van der Waals surface area contributed by atoms with Gasteiger partial charge < -0.3 is 4.74 Å². The molecule has 2 nitrogen and oxygen atoms in total. The summed E-state index contributed by atoms with van der Waals surface area (Å²) in [6.45, 7) is 10.1. The van der Waals surface area contributed by atoms with Crippen LogP contribution in [0.25, 0.3) is 0 Å². The Balaban J connectivity index is 2.34. The summed E-state index contributed by atoms with van der Waals surface area (Å²) in [7, 11) is 0. The molecule has 1 unspecified atom stereocenters. The highest BCUT2D eigenvalue weighted by Gasteiger charge is 2.14. The molecule has 13 heavy (non-hydrogen) atoms. The number of hydrogen-bond donors (Lipinski definition) is 1. The van der Waals surface area contributed by atoms with E-state index in [1.165, 1.54) is 5.57 Å². The minimum atomic E-state index is 0.357. The topological polar surface area (TPSA) is 12.5 Å². The number of hydrogen-bond acceptors (Lipinski definition) is 3. The number of thiol groups is 1. The van der Waals surface area contributed by atoms with Gasteiger partial charge in [-0.05, 0) is 13.3 Å². The third-order valence-corrected chi connectivity index (χ3v) is 2.65. The molecule has 0 aromatic heterocycles. The summed E-state index contributed by atoms with van der Waals surface area (Å²) < 4.78 is 5.56. The van der Waals surface area contributed by atoms with E-state index >= 15 is 0 Å². The van der Waals surface area contributed by atoms with Gasteiger partial charge in [-0.15, -0.1) is 0 Å². The Kier molecular flexibility index (Phi) is 4.84. The third-order valence-electron chi connectivity index (χ3n) is 2.21. The highest BCUT2D eigenvalue weighted by molar-refractivity contribution is 7.80. The fourth-order valence-corrected chi connectivity index (χ4v) is 1.69. The average Bonchev–Trinajstić information content (AvgIpc) is 2.30. The van der Waals surface area contributed by atoms with Crippen molar-refractivity contribution in [1.29, 1.82) is 0 Å². The van der Waals surface area contributed by atoms with Gasteiger partial charge in [0.05, 0.1) is 6.10 Å². The maximum absolute atomic E-state index is 5.56. The van der Waals surface area contributed by atoms with Crippen molar-refractivity contribution in [2.24, 2.45) is 0 Å². The van der Waals surface area contributed by atoms with E-state index in [2.05, 4.69) is 31.0 Å². The Morgan fingerprint density at radius 3 is 3.15 bits per heavy atom. The largest absolute Gasteiger partial charge is 0.377 e. The summed E-state index contributed by atoms with van der Waals surface area (Å²) in [6.07, 6.45) is 1.49. The van der Waals surface area contributed by atoms with E-state index in [0.717, 1.165) is 38.4 Å². The van der Waals surface area contributed by atoms with Gasteiger partial charge in [-0.1, -0.05) is 12.2 Å². The van der Waals surface area contributed by atoms with Gasteiger partial charge >= 0.3 is 0 Å². The van der Waals surface area contributed by atoms with Gasteiger partial charge in [-0.25, -0.2) is 0 Å². The summed E-state index contributed by atoms with van der Waals surface area (Å²) in [4.78, 5) is 2.40. The van der Waals surface area contributed by atoms with E-state index in [-0.39, 0.29) is 0 Å². The lowest BCUT2D eigenvalue weighted by molar-refractivity contribution is 0.0690. The highest BCUT2D eigenvalue weighted by atomic mass is 32.1. The predicted octanol–water partition coefficient (Wildman–Crippen LogP) is 1.58. The zero-order chi connectivity index (χ0) is 9.68. The number of ether oxygens (including phenoxy) is 1. The normalized spacial score (nSPS) is 25.5. The van der Waals surface area contributed by atoms with Crippen LogP contribution in [0.4, 0.5) is 0 Å². The fraction of sp³-hybridized carbons (Fsp3) is 0.800. The van der Waals surface area contributed by atoms with Crippen LogP contribution in [-0.4, -0.2) is 43.0 Å². The van der Waals surface area contributed by atoms with Gasteiger partial charge in [0.1, 0.15) is 0 Å². The maximum atomic E-state index is 5.56. The van der Waals surface area contributed by atoms with Crippen LogP contribution in [0.15, 0.2) is 12.2 Å². The summed E-state index contributed by atoms with van der Waals surface area (Å²) in [5, 5.41) is 0. The van der Waals surface area contributed by atoms with Gasteiger partial charge in [-0.3, -0.25) is 4.90 Å². The van der Waals surface area contributed by atoms with Crippen LogP contribution in [0.3, 0.4) is 0 Å². The summed E-state index contributed by atoms with van der Waals surface area (Å²) in [5.74, 6) is 0.783. The van der Waals surface area contributed by atoms with Crippen LogP contribution in [-0.2, 0) is 4.74 Å². The van der Waals surface area contributed by atoms with Crippen molar-refractivity contribution in [3.05, 3.63) is 12.2 Å². The molecule has 0 bridgehead atoms. The average molecular weight is 201 g/mol. The molecule has 1 rings (SSSR count). The molecule has 0 radical (unpaired) electrons. The molecule has 0 aliphatic carbocycles. The zero-order valence-corrected chi connectivity index (χ0v) is 9.22. The van der Waals surface area contributed by atoms with Crippen LogP contribution >= 0.6 is 12.6 Å². The van der Waals surface area contributed by atoms with Gasteiger partial charge in [-0.2, -0.15) is 12.6 Å². The quantitative estimate of drug-likeness (QED) is 0.550. The van der Waals surface area contributed by atoms with Crippen LogP contribution in [0.5, 0.6) is 0 Å². The molecule has 0 N–H and O–H groups in total. The molecule has 1 atom stereocenters.